The van der Waals surface area contributed by atoms with Gasteiger partial charge in [0.2, 0.25) is 12.1 Å². The molecule has 2 saturated heterocycles. The van der Waals surface area contributed by atoms with Crippen LogP contribution in [-0.4, -0.2) is 89.2 Å². The highest BCUT2D eigenvalue weighted by atomic mass is 32.1. The SMILES string of the molecule is COC(=O)N[C@H](C(=O)N1CCC[C@H]1c1ncc(-c2cc(F)c3c(c2)OC(c2cnc(CC4CC4)s2)n2c-3cc3cc(-c4cnc([C@@H]5CCCN5C(=O)OC(C)(C)C)[nH]4)ccc32)[nH]1)C(C)C. The van der Waals surface area contributed by atoms with Gasteiger partial charge in [-0.25, -0.2) is 28.9 Å². The third-order valence-electron chi connectivity index (χ3n) is 12.8. The molecule has 65 heavy (non-hydrogen) atoms. The van der Waals surface area contributed by atoms with Gasteiger partial charge in [-0.15, -0.1) is 11.3 Å². The molecule has 3 N–H and O–H groups in total. The first-order chi connectivity index (χ1) is 31.2. The number of carbonyl (C=O) groups excluding carboxylic acids is 3. The number of thiazole rings is 1. The molecule has 0 spiro atoms. The van der Waals surface area contributed by atoms with E-state index in [4.69, 9.17) is 29.2 Å². The lowest BCUT2D eigenvalue weighted by atomic mass is 10.0. The molecule has 0 bridgehead atoms. The second-order valence-electron chi connectivity index (χ2n) is 19.0. The van der Waals surface area contributed by atoms with E-state index in [2.05, 4.69) is 25.9 Å². The fraction of sp³-hybridized carbons (Fsp3) is 0.458. The number of aromatic amines is 2. The monoisotopic (exact) mass is 903 g/mol. The Balaban J connectivity index is 0.976. The summed E-state index contributed by atoms with van der Waals surface area (Å²) in [6, 6.07) is 10.2. The lowest BCUT2D eigenvalue weighted by Crippen LogP contribution is -2.51. The van der Waals surface area contributed by atoms with Crippen molar-refractivity contribution < 1.29 is 33.0 Å². The third kappa shape index (κ3) is 8.23. The number of amides is 3. The standard InChI is InChI=1S/C48H54FN9O6S/c1-25(2)41(55-46(60)62-6)44(59)56-15-7-9-34(56)42-52-23-32(54-42)28-19-30(49)40-36-20-29-18-27(31-22-51-43(53-31)35-10-8-16-57(35)47(61)64-48(3,4)5)13-14-33(29)58(36)45(63-37(40)21-28)38-24-50-39(65-38)17-26-11-12-26/h13-14,18-26,34-35,41,45H,7-12,15-17H2,1-6H3,(H,51,53)(H,52,54)(H,55,60)/t34-,35-,41-,45?/m0/s1. The number of aromatic nitrogens is 6. The second-order valence-corrected chi connectivity index (χ2v) is 20.2. The number of H-pyrrole nitrogens is 2. The molecule has 3 aliphatic heterocycles. The van der Waals surface area contributed by atoms with Gasteiger partial charge in [-0.3, -0.25) is 14.3 Å². The number of ether oxygens (including phenoxy) is 3. The molecule has 7 heterocycles. The van der Waals surface area contributed by atoms with Crippen LogP contribution in [0.4, 0.5) is 14.0 Å². The first-order valence-electron chi connectivity index (χ1n) is 22.6. The largest absolute Gasteiger partial charge is 0.464 e. The highest BCUT2D eigenvalue weighted by molar-refractivity contribution is 7.11. The van der Waals surface area contributed by atoms with Gasteiger partial charge < -0.3 is 34.4 Å². The van der Waals surface area contributed by atoms with Gasteiger partial charge >= 0.3 is 12.2 Å². The fourth-order valence-electron chi connectivity index (χ4n) is 9.48. The predicted octanol–water partition coefficient (Wildman–Crippen LogP) is 9.69. The lowest BCUT2D eigenvalue weighted by Gasteiger charge is -2.30. The highest BCUT2D eigenvalue weighted by Crippen LogP contribution is 2.48. The maximum atomic E-state index is 16.9. The number of imidazole rings is 2. The summed E-state index contributed by atoms with van der Waals surface area (Å²) in [4.78, 5) is 64.6. The van der Waals surface area contributed by atoms with Crippen molar-refractivity contribution in [3.05, 3.63) is 82.3 Å². The minimum Gasteiger partial charge on any atom is -0.464 e. The molecule has 4 atom stereocenters. The summed E-state index contributed by atoms with van der Waals surface area (Å²) in [6.07, 6.45) is 10.2. The number of nitrogens with one attached hydrogen (secondary N) is 3. The number of halogens is 1. The first-order valence-corrected chi connectivity index (χ1v) is 23.4. The van der Waals surface area contributed by atoms with Crippen LogP contribution < -0.4 is 10.1 Å². The van der Waals surface area contributed by atoms with Crippen molar-refractivity contribution in [3.8, 4) is 39.5 Å². The molecule has 17 heteroatoms. The number of hydrogen-bond acceptors (Lipinski definition) is 10. The Morgan fingerprint density at radius 1 is 0.908 bits per heavy atom. The molecule has 6 aromatic rings. The zero-order valence-corrected chi connectivity index (χ0v) is 38.3. The van der Waals surface area contributed by atoms with Crippen LogP contribution >= 0.6 is 11.3 Å². The van der Waals surface area contributed by atoms with Crippen LogP contribution in [0.15, 0.2) is 55.0 Å². The van der Waals surface area contributed by atoms with Crippen LogP contribution in [0.2, 0.25) is 0 Å². The number of fused-ring (bicyclic) bond motifs is 5. The van der Waals surface area contributed by atoms with E-state index < -0.39 is 29.8 Å². The lowest BCUT2D eigenvalue weighted by molar-refractivity contribution is -0.135. The summed E-state index contributed by atoms with van der Waals surface area (Å²) in [5.74, 6) is 1.52. The zero-order chi connectivity index (χ0) is 45.3. The van der Waals surface area contributed by atoms with Crippen LogP contribution in [0.25, 0.3) is 44.7 Å². The molecular formula is C48H54FN9O6S. The Morgan fingerprint density at radius 2 is 1.60 bits per heavy atom. The number of carbonyl (C=O) groups is 3. The summed E-state index contributed by atoms with van der Waals surface area (Å²) < 4.78 is 36.3. The molecule has 3 fully saturated rings. The van der Waals surface area contributed by atoms with Gasteiger partial charge in [-0.2, -0.15) is 0 Å². The first kappa shape index (κ1) is 42.7. The van der Waals surface area contributed by atoms with Gasteiger partial charge in [0.15, 0.2) is 0 Å². The van der Waals surface area contributed by atoms with Gasteiger partial charge in [0.25, 0.3) is 0 Å². The van der Waals surface area contributed by atoms with E-state index in [0.717, 1.165) is 57.7 Å². The van der Waals surface area contributed by atoms with E-state index in [-0.39, 0.29) is 30.0 Å². The summed E-state index contributed by atoms with van der Waals surface area (Å²) in [5.41, 5.74) is 4.15. The van der Waals surface area contributed by atoms with E-state index in [9.17, 15) is 14.4 Å². The molecule has 10 rings (SSSR count). The second kappa shape index (κ2) is 16.6. The molecule has 1 saturated carbocycles. The number of alkyl carbamates (subject to hydrolysis) is 1. The van der Waals surface area contributed by atoms with E-state index >= 15 is 4.39 Å². The molecule has 340 valence electrons. The predicted molar refractivity (Wildman–Crippen MR) is 243 cm³/mol. The van der Waals surface area contributed by atoms with E-state index in [0.29, 0.717) is 65.3 Å². The molecule has 4 aliphatic rings. The number of hydrogen-bond donors (Lipinski definition) is 3. The number of likely N-dealkylation sites (tertiary alicyclic amines) is 2. The maximum absolute atomic E-state index is 16.9. The Morgan fingerprint density at radius 3 is 2.28 bits per heavy atom. The Hall–Kier alpha value is -6.23. The molecule has 0 radical (unpaired) electrons. The van der Waals surface area contributed by atoms with E-state index in [1.54, 1.807) is 33.5 Å². The van der Waals surface area contributed by atoms with E-state index in [1.807, 2.05) is 65.1 Å². The van der Waals surface area contributed by atoms with Crippen LogP contribution in [-0.2, 0) is 20.7 Å². The number of nitrogens with zero attached hydrogens (tertiary/aromatic N) is 6. The van der Waals surface area contributed by atoms with Crippen LogP contribution in [0.3, 0.4) is 0 Å². The van der Waals surface area contributed by atoms with Crippen molar-refractivity contribution >= 4 is 40.3 Å². The molecule has 1 aliphatic carbocycles. The van der Waals surface area contributed by atoms with Gasteiger partial charge in [-0.1, -0.05) is 19.9 Å². The van der Waals surface area contributed by atoms with Crippen molar-refractivity contribution in [2.24, 2.45) is 11.8 Å². The summed E-state index contributed by atoms with van der Waals surface area (Å²) in [6.45, 7) is 10.5. The van der Waals surface area contributed by atoms with Crippen LogP contribution in [0.1, 0.15) is 113 Å². The zero-order valence-electron chi connectivity index (χ0n) is 37.4. The van der Waals surface area contributed by atoms with Crippen molar-refractivity contribution in [2.75, 3.05) is 20.2 Å². The normalized spacial score (nSPS) is 19.9. The summed E-state index contributed by atoms with van der Waals surface area (Å²) in [7, 11) is 1.27. The average molecular weight is 904 g/mol. The number of rotatable bonds is 10. The molecule has 15 nitrogen and oxygen atoms in total. The summed E-state index contributed by atoms with van der Waals surface area (Å²) in [5, 5.41) is 4.65. The van der Waals surface area contributed by atoms with Crippen LogP contribution in [0, 0.1) is 17.7 Å². The maximum Gasteiger partial charge on any atom is 0.410 e. The minimum absolute atomic E-state index is 0.168. The minimum atomic E-state index is -0.763. The van der Waals surface area contributed by atoms with Crippen LogP contribution in [0.5, 0.6) is 5.75 Å². The third-order valence-corrected chi connectivity index (χ3v) is 13.9. The summed E-state index contributed by atoms with van der Waals surface area (Å²) >= 11 is 1.63. The number of methoxy groups -OCH3 is 1. The molecule has 4 aromatic heterocycles. The molecule has 2 aromatic carbocycles. The van der Waals surface area contributed by atoms with Crippen molar-refractivity contribution in [2.45, 2.75) is 110 Å². The Labute approximate surface area is 380 Å². The fourth-order valence-corrected chi connectivity index (χ4v) is 10.5. The topological polar surface area (TPSA) is 173 Å². The Kier molecular flexibility index (Phi) is 10.9. The molecule has 3 amide bonds. The van der Waals surface area contributed by atoms with Gasteiger partial charge in [0.05, 0.1) is 69.6 Å². The Bertz CT molecular complexity index is 2800. The number of benzene rings is 2. The average Bonchev–Trinajstić information content (AvgIpc) is 3.99. The van der Waals surface area contributed by atoms with Gasteiger partial charge in [0.1, 0.15) is 34.9 Å². The van der Waals surface area contributed by atoms with Gasteiger partial charge in [-0.05, 0) is 101 Å². The van der Waals surface area contributed by atoms with E-state index in [1.165, 1.54) is 26.0 Å². The molecule has 1 unspecified atom stereocenters. The quantitative estimate of drug-likeness (QED) is 0.121. The van der Waals surface area contributed by atoms with Crippen molar-refractivity contribution in [1.82, 2.24) is 44.6 Å². The van der Waals surface area contributed by atoms with Crippen molar-refractivity contribution in [3.63, 3.8) is 0 Å². The molecular weight excluding hydrogens is 850 g/mol. The highest BCUT2D eigenvalue weighted by Gasteiger charge is 2.39. The van der Waals surface area contributed by atoms with Crippen molar-refractivity contribution in [1.29, 1.82) is 0 Å². The smallest absolute Gasteiger partial charge is 0.410 e. The van der Waals surface area contributed by atoms with Gasteiger partial charge in [0, 0.05) is 42.2 Å².